The minimum Gasteiger partial charge on any atom is -0.325 e. The van der Waals surface area contributed by atoms with E-state index >= 15 is 0 Å². The number of benzene rings is 2. The average Bonchev–Trinajstić information content (AvgIpc) is 2.59. The van der Waals surface area contributed by atoms with Gasteiger partial charge in [0, 0.05) is 18.8 Å². The van der Waals surface area contributed by atoms with E-state index in [0.29, 0.717) is 31.6 Å². The van der Waals surface area contributed by atoms with Gasteiger partial charge in [-0.1, -0.05) is 24.3 Å². The summed E-state index contributed by atoms with van der Waals surface area (Å²) in [7, 11) is 0. The van der Waals surface area contributed by atoms with Crippen LogP contribution in [0.1, 0.15) is 22.3 Å². The van der Waals surface area contributed by atoms with Crippen molar-refractivity contribution in [3.05, 3.63) is 64.7 Å². The molecule has 0 atom stereocenters. The zero-order valence-corrected chi connectivity index (χ0v) is 14.5. The van der Waals surface area contributed by atoms with Crippen LogP contribution in [0, 0.1) is 0 Å². The van der Waals surface area contributed by atoms with Crippen LogP contribution in [0.2, 0.25) is 0 Å². The molecule has 3 rings (SSSR count). The summed E-state index contributed by atoms with van der Waals surface area (Å²) in [6, 6.07) is 8.70. The normalized spacial score (nSPS) is 15.2. The summed E-state index contributed by atoms with van der Waals surface area (Å²) < 4.78 is 77.4. The molecule has 0 aromatic heterocycles. The van der Waals surface area contributed by atoms with E-state index in [1.54, 1.807) is 4.90 Å². The van der Waals surface area contributed by atoms with E-state index in [1.165, 1.54) is 0 Å². The number of nitrogens with zero attached hydrogens (tertiary/aromatic N) is 1. The first kappa shape index (κ1) is 20.2. The predicted octanol–water partition coefficient (Wildman–Crippen LogP) is 4.72. The van der Waals surface area contributed by atoms with Crippen molar-refractivity contribution >= 4 is 11.6 Å². The number of fused-ring (bicyclic) bond motifs is 1. The highest BCUT2D eigenvalue weighted by Gasteiger charge is 2.37. The summed E-state index contributed by atoms with van der Waals surface area (Å²) in [4.78, 5) is 14.0. The summed E-state index contributed by atoms with van der Waals surface area (Å²) in [5, 5.41) is 2.16. The molecular weight excluding hydrogens is 386 g/mol. The van der Waals surface area contributed by atoms with Crippen molar-refractivity contribution in [3.8, 4) is 0 Å². The van der Waals surface area contributed by atoms with E-state index in [9.17, 15) is 31.1 Å². The van der Waals surface area contributed by atoms with E-state index in [-0.39, 0.29) is 12.6 Å². The van der Waals surface area contributed by atoms with Gasteiger partial charge in [0.05, 0.1) is 17.7 Å². The lowest BCUT2D eigenvalue weighted by Gasteiger charge is -2.28. The first-order valence-electron chi connectivity index (χ1n) is 8.41. The first-order valence-corrected chi connectivity index (χ1v) is 8.41. The van der Waals surface area contributed by atoms with E-state index in [1.807, 2.05) is 24.3 Å². The molecule has 0 radical (unpaired) electrons. The molecule has 9 heteroatoms. The number of nitrogens with one attached hydrogen (secondary N) is 1. The van der Waals surface area contributed by atoms with Crippen molar-refractivity contribution < 1.29 is 31.1 Å². The van der Waals surface area contributed by atoms with Crippen molar-refractivity contribution in [1.82, 2.24) is 4.90 Å². The molecule has 1 N–H and O–H groups in total. The van der Waals surface area contributed by atoms with Crippen LogP contribution in [-0.4, -0.2) is 23.9 Å². The fraction of sp³-hybridized carbons (Fsp3) is 0.316. The lowest BCUT2D eigenvalue weighted by atomic mass is 10.00. The van der Waals surface area contributed by atoms with Gasteiger partial charge in [0.1, 0.15) is 0 Å². The van der Waals surface area contributed by atoms with Gasteiger partial charge in [-0.15, -0.1) is 0 Å². The lowest BCUT2D eigenvalue weighted by Crippen LogP contribution is -2.37. The van der Waals surface area contributed by atoms with Crippen LogP contribution in [0.4, 0.5) is 32.0 Å². The second-order valence-electron chi connectivity index (χ2n) is 6.57. The third-order valence-electron chi connectivity index (χ3n) is 4.45. The number of halogens is 6. The smallest absolute Gasteiger partial charge is 0.325 e. The van der Waals surface area contributed by atoms with E-state index in [4.69, 9.17) is 0 Å². The summed E-state index contributed by atoms with van der Waals surface area (Å²) >= 11 is 0. The number of anilines is 1. The molecule has 28 heavy (non-hydrogen) atoms. The Balaban J connectivity index is 1.73. The lowest BCUT2D eigenvalue weighted by molar-refractivity contribution is -0.143. The van der Waals surface area contributed by atoms with Crippen LogP contribution >= 0.6 is 0 Å². The monoisotopic (exact) mass is 402 g/mol. The Morgan fingerprint density at radius 3 is 2.07 bits per heavy atom. The molecule has 3 nitrogen and oxygen atoms in total. The Morgan fingerprint density at radius 2 is 1.50 bits per heavy atom. The largest absolute Gasteiger partial charge is 0.416 e. The van der Waals surface area contributed by atoms with Crippen LogP contribution in [0.5, 0.6) is 0 Å². The molecule has 2 aromatic carbocycles. The fourth-order valence-electron chi connectivity index (χ4n) is 3.12. The molecule has 0 aliphatic carbocycles. The highest BCUT2D eigenvalue weighted by atomic mass is 19.4. The van der Waals surface area contributed by atoms with E-state index in [2.05, 4.69) is 5.32 Å². The number of carbonyl (C=O) groups excluding carboxylic acids is 1. The summed E-state index contributed by atoms with van der Waals surface area (Å²) in [5.74, 6) is -0.674. The number of amides is 1. The van der Waals surface area contributed by atoms with Crippen molar-refractivity contribution in [1.29, 1.82) is 0 Å². The van der Waals surface area contributed by atoms with Crippen LogP contribution < -0.4 is 5.32 Å². The zero-order chi connectivity index (χ0) is 20.5. The van der Waals surface area contributed by atoms with Gasteiger partial charge in [-0.25, -0.2) is 0 Å². The molecule has 0 spiro atoms. The van der Waals surface area contributed by atoms with Gasteiger partial charge in [0.15, 0.2) is 0 Å². The fourth-order valence-corrected chi connectivity index (χ4v) is 3.12. The van der Waals surface area contributed by atoms with Gasteiger partial charge in [-0.2, -0.15) is 26.3 Å². The average molecular weight is 402 g/mol. The van der Waals surface area contributed by atoms with Crippen LogP contribution in [0.3, 0.4) is 0 Å². The Bertz CT molecular complexity index is 843. The van der Waals surface area contributed by atoms with Crippen LogP contribution in [0.25, 0.3) is 0 Å². The zero-order valence-electron chi connectivity index (χ0n) is 14.5. The van der Waals surface area contributed by atoms with Gasteiger partial charge in [0.2, 0.25) is 5.91 Å². The topological polar surface area (TPSA) is 32.3 Å². The Kier molecular flexibility index (Phi) is 5.38. The number of hydrogen-bond donors (Lipinski definition) is 1. The summed E-state index contributed by atoms with van der Waals surface area (Å²) in [6.45, 7) is 0.923. The van der Waals surface area contributed by atoms with E-state index < -0.39 is 35.1 Å². The molecule has 0 bridgehead atoms. The van der Waals surface area contributed by atoms with Crippen molar-refractivity contribution in [2.24, 2.45) is 0 Å². The number of carbonyl (C=O) groups is 1. The molecule has 1 amide bonds. The van der Waals surface area contributed by atoms with Crippen molar-refractivity contribution in [2.75, 3.05) is 18.4 Å². The predicted molar refractivity (Wildman–Crippen MR) is 90.5 cm³/mol. The van der Waals surface area contributed by atoms with Crippen LogP contribution in [-0.2, 0) is 30.1 Å². The number of rotatable bonds is 3. The maximum atomic E-state index is 12.9. The Morgan fingerprint density at radius 1 is 0.929 bits per heavy atom. The van der Waals surface area contributed by atoms with Gasteiger partial charge < -0.3 is 5.32 Å². The third-order valence-corrected chi connectivity index (χ3v) is 4.45. The second kappa shape index (κ2) is 7.46. The highest BCUT2D eigenvalue weighted by molar-refractivity contribution is 5.92. The highest BCUT2D eigenvalue weighted by Crippen LogP contribution is 2.37. The molecular formula is C19H16F6N2O. The number of alkyl halides is 6. The summed E-state index contributed by atoms with van der Waals surface area (Å²) in [5.41, 5.74) is -1.27. The van der Waals surface area contributed by atoms with E-state index in [0.717, 1.165) is 11.1 Å². The van der Waals surface area contributed by atoms with Crippen molar-refractivity contribution in [2.45, 2.75) is 25.3 Å². The Hall–Kier alpha value is -2.55. The quantitative estimate of drug-likeness (QED) is 0.754. The van der Waals surface area contributed by atoms with Gasteiger partial charge in [-0.3, -0.25) is 9.69 Å². The molecule has 150 valence electrons. The SMILES string of the molecule is O=C(CN1CCc2ccccc2C1)Nc1cc(C(F)(F)F)cc(C(F)(F)F)c1. The second-order valence-corrected chi connectivity index (χ2v) is 6.57. The maximum absolute atomic E-state index is 12.9. The Labute approximate surface area is 157 Å². The minimum absolute atomic E-state index is 0.0250. The first-order chi connectivity index (χ1) is 13.0. The molecule has 0 fully saturated rings. The molecule has 2 aromatic rings. The third kappa shape index (κ3) is 4.83. The molecule has 0 unspecified atom stereocenters. The molecule has 1 heterocycles. The number of hydrogen-bond acceptors (Lipinski definition) is 2. The van der Waals surface area contributed by atoms with Gasteiger partial charge >= 0.3 is 12.4 Å². The minimum atomic E-state index is -4.96. The van der Waals surface area contributed by atoms with Gasteiger partial charge in [-0.05, 0) is 35.7 Å². The van der Waals surface area contributed by atoms with Crippen molar-refractivity contribution in [3.63, 3.8) is 0 Å². The molecule has 0 saturated carbocycles. The van der Waals surface area contributed by atoms with Gasteiger partial charge in [0.25, 0.3) is 0 Å². The molecule has 1 aliphatic heterocycles. The standard InChI is InChI=1S/C19H16F6N2O/c20-18(21,22)14-7-15(19(23,24)25)9-16(8-14)26-17(28)11-27-6-5-12-3-1-2-4-13(12)10-27/h1-4,7-9H,5-6,10-11H2,(H,26,28). The molecule has 0 saturated heterocycles. The maximum Gasteiger partial charge on any atom is 0.416 e. The molecule has 1 aliphatic rings. The van der Waals surface area contributed by atoms with Crippen LogP contribution in [0.15, 0.2) is 42.5 Å². The summed E-state index contributed by atoms with van der Waals surface area (Å²) in [6.07, 6.45) is -9.21.